The predicted molar refractivity (Wildman–Crippen MR) is 46.3 cm³/mol. The fourth-order valence-electron chi connectivity index (χ4n) is 1.38. The number of nitrogens with zero attached hydrogens (tertiary/aromatic N) is 3. The SMILES string of the molecule is CS(=O)(=O)N1CCn2n[c]cc2C1. The summed E-state index contributed by atoms with van der Waals surface area (Å²) in [6.45, 7) is 1.53. The largest absolute Gasteiger partial charge is 0.266 e. The van der Waals surface area contributed by atoms with Crippen molar-refractivity contribution in [1.82, 2.24) is 14.1 Å². The van der Waals surface area contributed by atoms with Gasteiger partial charge in [-0.1, -0.05) is 0 Å². The second-order valence-corrected chi connectivity index (χ2v) is 5.07. The summed E-state index contributed by atoms with van der Waals surface area (Å²) >= 11 is 0. The van der Waals surface area contributed by atoms with Crippen molar-refractivity contribution >= 4 is 10.0 Å². The Balaban J connectivity index is 2.27. The van der Waals surface area contributed by atoms with Crippen LogP contribution in [-0.4, -0.2) is 35.3 Å². The van der Waals surface area contributed by atoms with Crippen molar-refractivity contribution in [1.29, 1.82) is 0 Å². The van der Waals surface area contributed by atoms with Crippen LogP contribution < -0.4 is 0 Å². The molecule has 0 aromatic carbocycles. The molecule has 1 aromatic rings. The molecule has 1 aliphatic rings. The van der Waals surface area contributed by atoms with Gasteiger partial charge in [-0.2, -0.15) is 9.40 Å². The molecule has 2 rings (SSSR count). The highest BCUT2D eigenvalue weighted by molar-refractivity contribution is 7.88. The predicted octanol–water partition coefficient (Wildman–Crippen LogP) is -0.542. The number of hydrogen-bond acceptors (Lipinski definition) is 3. The van der Waals surface area contributed by atoms with Crippen molar-refractivity contribution in [3.63, 3.8) is 0 Å². The van der Waals surface area contributed by atoms with Crippen molar-refractivity contribution < 1.29 is 8.42 Å². The van der Waals surface area contributed by atoms with E-state index in [-0.39, 0.29) is 0 Å². The zero-order chi connectivity index (χ0) is 9.47. The standard InChI is InChI=1S/C7H10N3O2S/c1-13(11,12)9-4-5-10-7(6-9)2-3-8-10/h2H,4-6H2,1H3. The molecule has 1 radical (unpaired) electrons. The van der Waals surface area contributed by atoms with Crippen LogP contribution in [0, 0.1) is 6.20 Å². The summed E-state index contributed by atoms with van der Waals surface area (Å²) in [6.07, 6.45) is 3.93. The lowest BCUT2D eigenvalue weighted by atomic mass is 10.3. The number of hydrogen-bond donors (Lipinski definition) is 0. The molecule has 0 saturated carbocycles. The summed E-state index contributed by atoms with van der Waals surface area (Å²) in [6, 6.07) is 1.72. The third-order valence-electron chi connectivity index (χ3n) is 2.11. The Morgan fingerprint density at radius 3 is 3.00 bits per heavy atom. The number of fused-ring (bicyclic) bond motifs is 1. The lowest BCUT2D eigenvalue weighted by molar-refractivity contribution is 0.328. The Hall–Kier alpha value is -0.880. The number of aromatic nitrogens is 2. The molecule has 0 unspecified atom stereocenters. The maximum atomic E-state index is 11.2. The normalized spacial score (nSPS) is 18.5. The van der Waals surface area contributed by atoms with E-state index in [1.54, 1.807) is 10.7 Å². The van der Waals surface area contributed by atoms with E-state index in [4.69, 9.17) is 0 Å². The zero-order valence-corrected chi connectivity index (χ0v) is 8.08. The fraction of sp³-hybridized carbons (Fsp3) is 0.571. The van der Waals surface area contributed by atoms with Crippen molar-refractivity contribution in [3.05, 3.63) is 18.0 Å². The van der Waals surface area contributed by atoms with Gasteiger partial charge in [0.1, 0.15) is 6.20 Å². The van der Waals surface area contributed by atoms with Gasteiger partial charge in [0.2, 0.25) is 10.0 Å². The average Bonchev–Trinajstić information content (AvgIpc) is 2.47. The first kappa shape index (κ1) is 8.71. The summed E-state index contributed by atoms with van der Waals surface area (Å²) < 4.78 is 25.6. The summed E-state index contributed by atoms with van der Waals surface area (Å²) in [4.78, 5) is 0. The molecule has 71 valence electrons. The van der Waals surface area contributed by atoms with Gasteiger partial charge in [0.05, 0.1) is 25.0 Å². The van der Waals surface area contributed by atoms with E-state index in [9.17, 15) is 8.42 Å². The summed E-state index contributed by atoms with van der Waals surface area (Å²) in [5, 5.41) is 3.94. The van der Waals surface area contributed by atoms with Crippen molar-refractivity contribution in [2.45, 2.75) is 13.1 Å². The molecule has 1 aliphatic heterocycles. The molecule has 0 N–H and O–H groups in total. The van der Waals surface area contributed by atoms with Crippen LogP contribution in [0.4, 0.5) is 0 Å². The third kappa shape index (κ3) is 1.59. The summed E-state index contributed by atoms with van der Waals surface area (Å²) in [5.41, 5.74) is 0.900. The van der Waals surface area contributed by atoms with E-state index in [2.05, 4.69) is 11.3 Å². The minimum absolute atomic E-state index is 0.412. The van der Waals surface area contributed by atoms with Crippen LogP contribution in [0.5, 0.6) is 0 Å². The van der Waals surface area contributed by atoms with Crippen LogP contribution in [0.3, 0.4) is 0 Å². The lowest BCUT2D eigenvalue weighted by Gasteiger charge is -2.25. The van der Waals surface area contributed by atoms with Crippen molar-refractivity contribution in [3.8, 4) is 0 Å². The van der Waals surface area contributed by atoms with E-state index in [1.807, 2.05) is 0 Å². The Bertz CT molecular complexity index is 409. The lowest BCUT2D eigenvalue weighted by Crippen LogP contribution is -2.37. The van der Waals surface area contributed by atoms with Gasteiger partial charge in [0, 0.05) is 6.54 Å². The Morgan fingerprint density at radius 2 is 2.31 bits per heavy atom. The smallest absolute Gasteiger partial charge is 0.211 e. The molecule has 13 heavy (non-hydrogen) atoms. The summed E-state index contributed by atoms with van der Waals surface area (Å²) in [7, 11) is -3.07. The quantitative estimate of drug-likeness (QED) is 0.611. The molecule has 0 amide bonds. The molecule has 0 bridgehead atoms. The Morgan fingerprint density at radius 1 is 1.54 bits per heavy atom. The first-order chi connectivity index (χ1) is 6.07. The van der Waals surface area contributed by atoms with E-state index < -0.39 is 10.0 Å². The second kappa shape index (κ2) is 2.81. The molecule has 2 heterocycles. The Labute approximate surface area is 77.0 Å². The highest BCUT2D eigenvalue weighted by Crippen LogP contribution is 2.12. The van der Waals surface area contributed by atoms with Crippen LogP contribution >= 0.6 is 0 Å². The molecule has 0 saturated heterocycles. The molecule has 0 spiro atoms. The molecule has 0 fully saturated rings. The van der Waals surface area contributed by atoms with Gasteiger partial charge in [-0.15, -0.1) is 0 Å². The average molecular weight is 200 g/mol. The van der Waals surface area contributed by atoms with Crippen LogP contribution in [0.15, 0.2) is 6.07 Å². The van der Waals surface area contributed by atoms with Crippen LogP contribution in [0.1, 0.15) is 5.69 Å². The molecule has 0 atom stereocenters. The van der Waals surface area contributed by atoms with Gasteiger partial charge in [0.25, 0.3) is 0 Å². The van der Waals surface area contributed by atoms with Gasteiger partial charge in [-0.05, 0) is 6.07 Å². The van der Waals surface area contributed by atoms with Gasteiger partial charge in [-0.3, -0.25) is 4.68 Å². The minimum Gasteiger partial charge on any atom is -0.266 e. The van der Waals surface area contributed by atoms with E-state index >= 15 is 0 Å². The molecule has 1 aromatic heterocycles. The van der Waals surface area contributed by atoms with Gasteiger partial charge >= 0.3 is 0 Å². The van der Waals surface area contributed by atoms with Crippen molar-refractivity contribution in [2.24, 2.45) is 0 Å². The first-order valence-corrected chi connectivity index (χ1v) is 5.80. The van der Waals surface area contributed by atoms with Crippen LogP contribution in [-0.2, 0) is 23.1 Å². The summed E-state index contributed by atoms with van der Waals surface area (Å²) in [5.74, 6) is 0. The van der Waals surface area contributed by atoms with Crippen molar-refractivity contribution in [2.75, 3.05) is 12.8 Å². The monoisotopic (exact) mass is 200 g/mol. The van der Waals surface area contributed by atoms with E-state index in [0.29, 0.717) is 19.6 Å². The topological polar surface area (TPSA) is 55.2 Å². The molecular formula is C7H10N3O2S. The fourth-order valence-corrected chi connectivity index (χ4v) is 2.16. The molecule has 0 aliphatic carbocycles. The van der Waals surface area contributed by atoms with Crippen LogP contribution in [0.25, 0.3) is 0 Å². The maximum absolute atomic E-state index is 11.2. The Kier molecular flexibility index (Phi) is 1.88. The molecule has 5 nitrogen and oxygen atoms in total. The first-order valence-electron chi connectivity index (χ1n) is 3.95. The number of rotatable bonds is 1. The minimum atomic E-state index is -3.07. The van der Waals surface area contributed by atoms with E-state index in [0.717, 1.165) is 5.69 Å². The highest BCUT2D eigenvalue weighted by atomic mass is 32.2. The van der Waals surface area contributed by atoms with Crippen LogP contribution in [0.2, 0.25) is 0 Å². The van der Waals surface area contributed by atoms with Gasteiger partial charge in [-0.25, -0.2) is 8.42 Å². The van der Waals surface area contributed by atoms with Gasteiger partial charge in [0.15, 0.2) is 0 Å². The second-order valence-electron chi connectivity index (χ2n) is 3.08. The zero-order valence-electron chi connectivity index (χ0n) is 7.27. The van der Waals surface area contributed by atoms with E-state index in [1.165, 1.54) is 10.6 Å². The third-order valence-corrected chi connectivity index (χ3v) is 3.36. The highest BCUT2D eigenvalue weighted by Gasteiger charge is 2.22. The number of sulfonamides is 1. The molecule has 6 heteroatoms. The molecular weight excluding hydrogens is 190 g/mol. The van der Waals surface area contributed by atoms with Gasteiger partial charge < -0.3 is 0 Å². The maximum Gasteiger partial charge on any atom is 0.211 e.